The van der Waals surface area contributed by atoms with Gasteiger partial charge in [-0.15, -0.1) is 21.8 Å². The molecular weight excluding hydrogens is 347 g/mol. The molecule has 2 aromatic heterocycles. The monoisotopic (exact) mass is 358 g/mol. The number of aromatic nitrogens is 4. The van der Waals surface area contributed by atoms with E-state index in [1.54, 1.807) is 16.5 Å². The molecule has 24 heavy (non-hydrogen) atoms. The maximum atomic E-state index is 13.1. The largest absolute Gasteiger partial charge is 0.268 e. The van der Waals surface area contributed by atoms with E-state index in [1.165, 1.54) is 4.57 Å². The fourth-order valence-electron chi connectivity index (χ4n) is 2.87. The zero-order valence-electron chi connectivity index (χ0n) is 12.7. The van der Waals surface area contributed by atoms with Crippen LogP contribution in [0.2, 0.25) is 5.02 Å². The Kier molecular flexibility index (Phi) is 3.55. The predicted octanol–water partition coefficient (Wildman–Crippen LogP) is 3.73. The number of aryl methyl sites for hydroxylation is 1. The van der Waals surface area contributed by atoms with Crippen LogP contribution in [-0.2, 0) is 5.88 Å². The number of nitrogens with zero attached hydrogens (tertiary/aromatic N) is 4. The number of alkyl halides is 1. The van der Waals surface area contributed by atoms with Crippen LogP contribution in [0, 0.1) is 6.92 Å². The fraction of sp³-hybridized carbons (Fsp3) is 0.118. The highest BCUT2D eigenvalue weighted by Gasteiger charge is 2.18. The summed E-state index contributed by atoms with van der Waals surface area (Å²) in [5.41, 5.74) is 1.98. The van der Waals surface area contributed by atoms with Gasteiger partial charge in [-0.2, -0.15) is 0 Å². The highest BCUT2D eigenvalue weighted by Crippen LogP contribution is 2.26. The molecule has 0 radical (unpaired) electrons. The first-order valence-electron chi connectivity index (χ1n) is 7.32. The smallest absolute Gasteiger partial charge is 0.267 e. The molecule has 0 unspecified atom stereocenters. The standard InChI is InChI=1S/C17H12Cl2N4O/c1-10-5-4-8-13(15(10)19)23-16(24)11-6-2-3-7-12(11)22-14(9-18)20-21-17(22)23/h2-8H,9H2,1H3. The van der Waals surface area contributed by atoms with E-state index in [1.807, 2.05) is 37.3 Å². The van der Waals surface area contributed by atoms with Gasteiger partial charge < -0.3 is 0 Å². The lowest BCUT2D eigenvalue weighted by atomic mass is 10.2. The number of para-hydroxylation sites is 1. The van der Waals surface area contributed by atoms with E-state index in [2.05, 4.69) is 10.2 Å². The van der Waals surface area contributed by atoms with Crippen LogP contribution in [0.5, 0.6) is 0 Å². The minimum atomic E-state index is -0.195. The quantitative estimate of drug-likeness (QED) is 0.513. The van der Waals surface area contributed by atoms with Crippen LogP contribution in [0.3, 0.4) is 0 Å². The molecule has 5 nitrogen and oxygen atoms in total. The van der Waals surface area contributed by atoms with Gasteiger partial charge in [-0.3, -0.25) is 9.20 Å². The molecule has 0 aliphatic heterocycles. The van der Waals surface area contributed by atoms with E-state index in [-0.39, 0.29) is 11.4 Å². The average molecular weight is 359 g/mol. The van der Waals surface area contributed by atoms with E-state index in [0.29, 0.717) is 27.7 Å². The van der Waals surface area contributed by atoms with E-state index in [4.69, 9.17) is 23.2 Å². The van der Waals surface area contributed by atoms with Gasteiger partial charge in [-0.25, -0.2) is 4.57 Å². The zero-order valence-corrected chi connectivity index (χ0v) is 14.2. The van der Waals surface area contributed by atoms with Crippen LogP contribution in [0.15, 0.2) is 47.3 Å². The molecule has 0 saturated carbocycles. The van der Waals surface area contributed by atoms with Gasteiger partial charge in [0.25, 0.3) is 5.56 Å². The molecule has 0 fully saturated rings. The van der Waals surface area contributed by atoms with E-state index >= 15 is 0 Å². The summed E-state index contributed by atoms with van der Waals surface area (Å²) in [6.45, 7) is 1.89. The van der Waals surface area contributed by atoms with Gasteiger partial charge in [-0.05, 0) is 30.7 Å². The summed E-state index contributed by atoms with van der Waals surface area (Å²) in [6.07, 6.45) is 0. The number of rotatable bonds is 2. The topological polar surface area (TPSA) is 52.2 Å². The lowest BCUT2D eigenvalue weighted by Gasteiger charge is -2.13. The molecule has 120 valence electrons. The van der Waals surface area contributed by atoms with Crippen molar-refractivity contribution in [3.8, 4) is 5.69 Å². The lowest BCUT2D eigenvalue weighted by Crippen LogP contribution is -2.22. The van der Waals surface area contributed by atoms with Gasteiger partial charge in [0.2, 0.25) is 5.78 Å². The number of hydrogen-bond acceptors (Lipinski definition) is 3. The molecule has 4 rings (SSSR count). The average Bonchev–Trinajstić information content (AvgIpc) is 3.02. The molecular formula is C17H12Cl2N4O. The first-order valence-corrected chi connectivity index (χ1v) is 8.24. The van der Waals surface area contributed by atoms with Crippen molar-refractivity contribution in [3.05, 3.63) is 69.2 Å². The molecule has 0 bridgehead atoms. The van der Waals surface area contributed by atoms with Crippen molar-refractivity contribution in [2.45, 2.75) is 12.8 Å². The highest BCUT2D eigenvalue weighted by molar-refractivity contribution is 6.33. The Bertz CT molecular complexity index is 1150. The second-order valence-electron chi connectivity index (χ2n) is 5.45. The van der Waals surface area contributed by atoms with Crippen LogP contribution in [0.4, 0.5) is 0 Å². The summed E-state index contributed by atoms with van der Waals surface area (Å²) in [5, 5.41) is 9.36. The maximum absolute atomic E-state index is 13.1. The Morgan fingerprint density at radius 1 is 1.08 bits per heavy atom. The Balaban J connectivity index is 2.27. The second kappa shape index (κ2) is 5.61. The summed E-state index contributed by atoms with van der Waals surface area (Å²) in [5.74, 6) is 1.15. The highest BCUT2D eigenvalue weighted by atomic mass is 35.5. The molecule has 0 aliphatic carbocycles. The fourth-order valence-corrected chi connectivity index (χ4v) is 3.25. The third-order valence-electron chi connectivity index (χ3n) is 4.02. The van der Waals surface area contributed by atoms with Crippen molar-refractivity contribution in [1.29, 1.82) is 0 Å². The van der Waals surface area contributed by atoms with Crippen LogP contribution < -0.4 is 5.56 Å². The van der Waals surface area contributed by atoms with Gasteiger partial charge in [0, 0.05) is 0 Å². The molecule has 0 saturated heterocycles. The van der Waals surface area contributed by atoms with Crippen molar-refractivity contribution < 1.29 is 0 Å². The SMILES string of the molecule is Cc1cccc(-n2c(=O)c3ccccc3n3c(CCl)nnc23)c1Cl. The third kappa shape index (κ3) is 2.05. The second-order valence-corrected chi connectivity index (χ2v) is 6.10. The number of hydrogen-bond donors (Lipinski definition) is 0. The van der Waals surface area contributed by atoms with E-state index < -0.39 is 0 Å². The Hall–Kier alpha value is -2.37. The molecule has 2 heterocycles. The Labute approximate surface area is 147 Å². The van der Waals surface area contributed by atoms with E-state index in [0.717, 1.165) is 11.1 Å². The molecule has 4 aromatic rings. The van der Waals surface area contributed by atoms with Crippen LogP contribution in [-0.4, -0.2) is 19.2 Å². The lowest BCUT2D eigenvalue weighted by molar-refractivity contribution is 0.962. The molecule has 0 amide bonds. The van der Waals surface area contributed by atoms with Gasteiger partial charge in [0.1, 0.15) is 0 Å². The molecule has 2 aromatic carbocycles. The molecule has 0 aliphatic rings. The summed E-state index contributed by atoms with van der Waals surface area (Å²) in [4.78, 5) is 13.1. The Morgan fingerprint density at radius 2 is 1.88 bits per heavy atom. The van der Waals surface area contributed by atoms with Crippen LogP contribution >= 0.6 is 23.2 Å². The third-order valence-corrected chi connectivity index (χ3v) is 4.75. The van der Waals surface area contributed by atoms with Gasteiger partial charge >= 0.3 is 0 Å². The first-order chi connectivity index (χ1) is 11.6. The zero-order chi connectivity index (χ0) is 16.8. The number of benzene rings is 2. The number of fused-ring (bicyclic) bond motifs is 3. The minimum absolute atomic E-state index is 0.185. The van der Waals surface area contributed by atoms with Crippen molar-refractivity contribution in [1.82, 2.24) is 19.2 Å². The van der Waals surface area contributed by atoms with E-state index in [9.17, 15) is 4.79 Å². The van der Waals surface area contributed by atoms with Crippen molar-refractivity contribution in [3.63, 3.8) is 0 Å². The first kappa shape index (κ1) is 15.2. The van der Waals surface area contributed by atoms with Gasteiger partial charge in [0.05, 0.1) is 27.5 Å². The van der Waals surface area contributed by atoms with Gasteiger partial charge in [-0.1, -0.05) is 35.9 Å². The molecule has 0 spiro atoms. The summed E-state index contributed by atoms with van der Waals surface area (Å²) in [7, 11) is 0. The minimum Gasteiger partial charge on any atom is -0.268 e. The summed E-state index contributed by atoms with van der Waals surface area (Å²) in [6, 6.07) is 12.9. The predicted molar refractivity (Wildman–Crippen MR) is 95.4 cm³/mol. The molecule has 7 heteroatoms. The van der Waals surface area contributed by atoms with Crippen molar-refractivity contribution in [2.24, 2.45) is 0 Å². The Morgan fingerprint density at radius 3 is 2.67 bits per heavy atom. The van der Waals surface area contributed by atoms with Crippen molar-refractivity contribution in [2.75, 3.05) is 0 Å². The van der Waals surface area contributed by atoms with Crippen molar-refractivity contribution >= 4 is 39.9 Å². The summed E-state index contributed by atoms with van der Waals surface area (Å²) >= 11 is 12.5. The maximum Gasteiger partial charge on any atom is 0.267 e. The normalized spacial score (nSPS) is 11.5. The molecule has 0 N–H and O–H groups in total. The van der Waals surface area contributed by atoms with Crippen LogP contribution in [0.1, 0.15) is 11.4 Å². The van der Waals surface area contributed by atoms with Crippen LogP contribution in [0.25, 0.3) is 22.4 Å². The summed E-state index contributed by atoms with van der Waals surface area (Å²) < 4.78 is 3.28. The van der Waals surface area contributed by atoms with Gasteiger partial charge in [0.15, 0.2) is 5.82 Å². The molecule has 0 atom stereocenters. The number of halogens is 2.